The zero-order valence-electron chi connectivity index (χ0n) is 13.3. The molecule has 1 aromatic heterocycles. The number of amides is 1. The first kappa shape index (κ1) is 16.9. The Morgan fingerprint density at radius 2 is 1.77 bits per heavy atom. The summed E-state index contributed by atoms with van der Waals surface area (Å²) in [6.45, 7) is 0. The van der Waals surface area contributed by atoms with E-state index in [1.54, 1.807) is 48.5 Å². The Bertz CT molecular complexity index is 1040. The second kappa shape index (κ2) is 6.89. The van der Waals surface area contributed by atoms with Crippen molar-refractivity contribution in [2.24, 2.45) is 0 Å². The average molecular weight is 351 g/mol. The van der Waals surface area contributed by atoms with E-state index >= 15 is 0 Å². The van der Waals surface area contributed by atoms with Gasteiger partial charge in [-0.05, 0) is 24.3 Å². The smallest absolute Gasteiger partial charge is 0.358 e. The molecule has 0 aliphatic rings. The van der Waals surface area contributed by atoms with Gasteiger partial charge in [0.2, 0.25) is 5.75 Å². The number of H-pyrrole nitrogens is 1. The van der Waals surface area contributed by atoms with Crippen molar-refractivity contribution in [1.82, 2.24) is 9.97 Å². The van der Waals surface area contributed by atoms with Crippen LogP contribution in [0.3, 0.4) is 0 Å². The Hall–Kier alpha value is -3.94. The number of carbonyl (C=O) groups is 2. The van der Waals surface area contributed by atoms with Gasteiger partial charge in [-0.1, -0.05) is 30.3 Å². The largest absolute Gasteiger partial charge is 0.501 e. The van der Waals surface area contributed by atoms with Crippen molar-refractivity contribution in [3.63, 3.8) is 0 Å². The second-order valence-corrected chi connectivity index (χ2v) is 5.32. The summed E-state index contributed by atoms with van der Waals surface area (Å²) in [6.07, 6.45) is 0. The van der Waals surface area contributed by atoms with Crippen LogP contribution in [0.25, 0.3) is 11.4 Å². The van der Waals surface area contributed by atoms with E-state index < -0.39 is 23.0 Å². The predicted octanol–water partition coefficient (Wildman–Crippen LogP) is 2.09. The summed E-state index contributed by atoms with van der Waals surface area (Å²) in [5, 5.41) is 21.2. The summed E-state index contributed by atoms with van der Waals surface area (Å²) in [5.74, 6) is -2.85. The zero-order chi connectivity index (χ0) is 18.7. The van der Waals surface area contributed by atoms with Gasteiger partial charge in [-0.15, -0.1) is 0 Å². The number of benzene rings is 2. The molecule has 2 aromatic carbocycles. The Morgan fingerprint density at radius 1 is 1.04 bits per heavy atom. The topological polar surface area (TPSA) is 132 Å². The number of anilines is 1. The van der Waals surface area contributed by atoms with Crippen molar-refractivity contribution < 1.29 is 19.8 Å². The molecule has 3 rings (SSSR count). The molecule has 3 aromatic rings. The first-order valence-corrected chi connectivity index (χ1v) is 7.49. The molecule has 0 spiro atoms. The number of carboxylic acid groups (broad SMARTS) is 1. The van der Waals surface area contributed by atoms with E-state index in [2.05, 4.69) is 15.3 Å². The molecule has 1 amide bonds. The highest BCUT2D eigenvalue weighted by molar-refractivity contribution is 6.04. The molecular formula is C18H13N3O5. The molecule has 0 saturated carbocycles. The molecule has 0 atom stereocenters. The van der Waals surface area contributed by atoms with E-state index in [1.165, 1.54) is 6.07 Å². The lowest BCUT2D eigenvalue weighted by molar-refractivity contribution is 0.0686. The molecule has 0 bridgehead atoms. The molecule has 0 unspecified atom stereocenters. The Balaban J connectivity index is 1.94. The van der Waals surface area contributed by atoms with Gasteiger partial charge in [-0.25, -0.2) is 9.78 Å². The second-order valence-electron chi connectivity index (χ2n) is 5.32. The summed E-state index contributed by atoms with van der Waals surface area (Å²) in [5.41, 5.74) is -0.435. The number of nitrogens with one attached hydrogen (secondary N) is 2. The average Bonchev–Trinajstić information content (AvgIpc) is 2.64. The van der Waals surface area contributed by atoms with Crippen LogP contribution < -0.4 is 10.9 Å². The third-order valence-corrected chi connectivity index (χ3v) is 3.53. The van der Waals surface area contributed by atoms with Crippen LogP contribution in [0.15, 0.2) is 59.4 Å². The number of aromatic carboxylic acids is 1. The fourth-order valence-electron chi connectivity index (χ4n) is 2.29. The summed E-state index contributed by atoms with van der Waals surface area (Å²) in [7, 11) is 0. The van der Waals surface area contributed by atoms with E-state index in [-0.39, 0.29) is 11.7 Å². The number of rotatable bonds is 4. The normalized spacial score (nSPS) is 10.3. The van der Waals surface area contributed by atoms with Gasteiger partial charge in [-0.3, -0.25) is 9.59 Å². The summed E-state index contributed by atoms with van der Waals surface area (Å²) in [4.78, 5) is 41.1. The number of carboxylic acids is 1. The summed E-state index contributed by atoms with van der Waals surface area (Å²) in [6, 6.07) is 15.0. The van der Waals surface area contributed by atoms with Gasteiger partial charge in [0, 0.05) is 16.8 Å². The SMILES string of the molecule is O=C(Nc1cccc(-c2nc(C(=O)O)c(O)c(=O)[nH]2)c1)c1ccccc1. The third kappa shape index (κ3) is 3.44. The van der Waals surface area contributed by atoms with Gasteiger partial charge in [-0.2, -0.15) is 0 Å². The van der Waals surface area contributed by atoms with Crippen molar-refractivity contribution in [2.45, 2.75) is 0 Å². The number of hydrogen-bond acceptors (Lipinski definition) is 5. The predicted molar refractivity (Wildman–Crippen MR) is 93.3 cm³/mol. The molecular weight excluding hydrogens is 338 g/mol. The van der Waals surface area contributed by atoms with Crippen LogP contribution >= 0.6 is 0 Å². The number of aromatic amines is 1. The van der Waals surface area contributed by atoms with Gasteiger partial charge in [0.15, 0.2) is 5.69 Å². The maximum Gasteiger partial charge on any atom is 0.358 e. The van der Waals surface area contributed by atoms with Crippen LogP contribution in [-0.4, -0.2) is 32.1 Å². The number of aromatic nitrogens is 2. The van der Waals surface area contributed by atoms with E-state index in [1.807, 2.05) is 0 Å². The van der Waals surface area contributed by atoms with Crippen LogP contribution in [0.1, 0.15) is 20.8 Å². The van der Waals surface area contributed by atoms with Crippen LogP contribution in [-0.2, 0) is 0 Å². The molecule has 4 N–H and O–H groups in total. The maximum absolute atomic E-state index is 12.2. The molecule has 0 fully saturated rings. The Kier molecular flexibility index (Phi) is 4.48. The molecule has 8 heteroatoms. The fourth-order valence-corrected chi connectivity index (χ4v) is 2.29. The van der Waals surface area contributed by atoms with Crippen LogP contribution in [0.4, 0.5) is 5.69 Å². The fraction of sp³-hybridized carbons (Fsp3) is 0. The highest BCUT2D eigenvalue weighted by Gasteiger charge is 2.17. The first-order chi connectivity index (χ1) is 12.5. The molecule has 0 radical (unpaired) electrons. The van der Waals surface area contributed by atoms with Crippen molar-refractivity contribution in [1.29, 1.82) is 0 Å². The molecule has 0 aliphatic heterocycles. The summed E-state index contributed by atoms with van der Waals surface area (Å²) >= 11 is 0. The van der Waals surface area contributed by atoms with Crippen molar-refractivity contribution in [2.75, 3.05) is 5.32 Å². The van der Waals surface area contributed by atoms with Gasteiger partial charge in [0.25, 0.3) is 11.5 Å². The maximum atomic E-state index is 12.2. The van der Waals surface area contributed by atoms with E-state index in [0.717, 1.165) is 0 Å². The molecule has 0 saturated heterocycles. The van der Waals surface area contributed by atoms with Crippen molar-refractivity contribution in [3.05, 3.63) is 76.2 Å². The zero-order valence-corrected chi connectivity index (χ0v) is 13.3. The quantitative estimate of drug-likeness (QED) is 0.569. The van der Waals surface area contributed by atoms with E-state index in [0.29, 0.717) is 16.8 Å². The molecule has 8 nitrogen and oxygen atoms in total. The van der Waals surface area contributed by atoms with Gasteiger partial charge < -0.3 is 20.5 Å². The van der Waals surface area contributed by atoms with E-state index in [9.17, 15) is 19.5 Å². The minimum atomic E-state index is -1.52. The molecule has 26 heavy (non-hydrogen) atoms. The monoisotopic (exact) mass is 351 g/mol. The van der Waals surface area contributed by atoms with Gasteiger partial charge in [0.1, 0.15) is 5.82 Å². The molecule has 1 heterocycles. The Morgan fingerprint density at radius 3 is 2.46 bits per heavy atom. The third-order valence-electron chi connectivity index (χ3n) is 3.53. The van der Waals surface area contributed by atoms with Crippen molar-refractivity contribution >= 4 is 17.6 Å². The Labute approximate surface area is 146 Å². The minimum Gasteiger partial charge on any atom is -0.501 e. The highest BCUT2D eigenvalue weighted by Crippen LogP contribution is 2.21. The van der Waals surface area contributed by atoms with Gasteiger partial charge in [0.05, 0.1) is 0 Å². The lowest BCUT2D eigenvalue weighted by atomic mass is 10.1. The molecule has 130 valence electrons. The standard InChI is InChI=1S/C18H13N3O5/c22-14-13(18(25)26)20-15(21-17(14)24)11-7-4-8-12(9-11)19-16(23)10-5-2-1-3-6-10/h1-9,22H,(H,19,23)(H,25,26)(H,20,21,24). The van der Waals surface area contributed by atoms with Crippen molar-refractivity contribution in [3.8, 4) is 17.1 Å². The highest BCUT2D eigenvalue weighted by atomic mass is 16.4. The number of hydrogen-bond donors (Lipinski definition) is 4. The van der Waals surface area contributed by atoms with Crippen LogP contribution in [0.2, 0.25) is 0 Å². The number of aromatic hydroxyl groups is 1. The van der Waals surface area contributed by atoms with Crippen LogP contribution in [0, 0.1) is 0 Å². The number of nitrogens with zero attached hydrogens (tertiary/aromatic N) is 1. The van der Waals surface area contributed by atoms with Gasteiger partial charge >= 0.3 is 5.97 Å². The first-order valence-electron chi connectivity index (χ1n) is 7.49. The van der Waals surface area contributed by atoms with E-state index in [4.69, 9.17) is 5.11 Å². The lowest BCUT2D eigenvalue weighted by Gasteiger charge is -2.08. The molecule has 0 aliphatic carbocycles. The number of carbonyl (C=O) groups excluding carboxylic acids is 1. The van der Waals surface area contributed by atoms with Crippen LogP contribution in [0.5, 0.6) is 5.75 Å². The minimum absolute atomic E-state index is 0.0407. The summed E-state index contributed by atoms with van der Waals surface area (Å²) < 4.78 is 0. The lowest BCUT2D eigenvalue weighted by Crippen LogP contribution is -2.15.